The van der Waals surface area contributed by atoms with Gasteiger partial charge >= 0.3 is 5.97 Å². The van der Waals surface area contributed by atoms with Gasteiger partial charge in [0.05, 0.1) is 5.69 Å². The van der Waals surface area contributed by atoms with Crippen LogP contribution in [0.2, 0.25) is 0 Å². The van der Waals surface area contributed by atoms with Crippen LogP contribution < -0.4 is 5.32 Å². The highest BCUT2D eigenvalue weighted by Crippen LogP contribution is 2.28. The van der Waals surface area contributed by atoms with Crippen molar-refractivity contribution >= 4 is 23.2 Å². The van der Waals surface area contributed by atoms with Crippen LogP contribution in [0.5, 0.6) is 0 Å². The number of nitrogens with zero attached hydrogens (tertiary/aromatic N) is 1. The lowest BCUT2D eigenvalue weighted by molar-refractivity contribution is -0.129. The van der Waals surface area contributed by atoms with Gasteiger partial charge in [-0.2, -0.15) is 0 Å². The molecule has 1 aromatic heterocycles. The standard InChI is InChI=1S/C19H22N2O3S/c1-12-16(25-18(20-12)14-8-4-3-5-9-14)19(23)24-13(2)17(22)21-15-10-6-7-11-15/h3-5,8-9,13,15H,6-7,10-11H2,1-2H3,(H,21,22). The van der Waals surface area contributed by atoms with Crippen LogP contribution >= 0.6 is 11.3 Å². The number of aryl methyl sites for hydroxylation is 1. The Morgan fingerprint density at radius 2 is 1.92 bits per heavy atom. The van der Waals surface area contributed by atoms with Crippen molar-refractivity contribution in [3.63, 3.8) is 0 Å². The summed E-state index contributed by atoms with van der Waals surface area (Å²) in [6.45, 7) is 3.39. The summed E-state index contributed by atoms with van der Waals surface area (Å²) in [5, 5.41) is 3.72. The smallest absolute Gasteiger partial charge is 0.351 e. The molecule has 6 heteroatoms. The number of rotatable bonds is 5. The van der Waals surface area contributed by atoms with Crippen molar-refractivity contribution < 1.29 is 14.3 Å². The first-order valence-corrected chi connectivity index (χ1v) is 9.40. The average Bonchev–Trinajstić information content (AvgIpc) is 3.25. The SMILES string of the molecule is Cc1nc(-c2ccccc2)sc1C(=O)OC(C)C(=O)NC1CCCC1. The molecular formula is C19H22N2O3S. The molecule has 1 amide bonds. The van der Waals surface area contributed by atoms with E-state index in [1.807, 2.05) is 30.3 Å². The average molecular weight is 358 g/mol. The third kappa shape index (κ3) is 4.25. The molecule has 2 aromatic rings. The second-order valence-corrected chi connectivity index (χ2v) is 7.34. The Balaban J connectivity index is 1.64. The number of amides is 1. The number of hydrogen-bond acceptors (Lipinski definition) is 5. The monoisotopic (exact) mass is 358 g/mol. The summed E-state index contributed by atoms with van der Waals surface area (Å²) in [7, 11) is 0. The number of nitrogens with one attached hydrogen (secondary N) is 1. The molecule has 0 saturated heterocycles. The minimum absolute atomic E-state index is 0.212. The third-order valence-electron chi connectivity index (χ3n) is 4.36. The van der Waals surface area contributed by atoms with E-state index in [0.717, 1.165) is 36.3 Å². The predicted octanol–water partition coefficient (Wildman–Crippen LogP) is 3.72. The molecule has 132 valence electrons. The minimum atomic E-state index is -0.810. The fraction of sp³-hybridized carbons (Fsp3) is 0.421. The molecule has 1 N–H and O–H groups in total. The summed E-state index contributed by atoms with van der Waals surface area (Å²) in [4.78, 5) is 29.5. The number of hydrogen-bond donors (Lipinski definition) is 1. The Bertz CT molecular complexity index is 751. The first-order chi connectivity index (χ1) is 12.0. The summed E-state index contributed by atoms with van der Waals surface area (Å²) < 4.78 is 5.36. The molecule has 3 rings (SSSR count). The molecule has 25 heavy (non-hydrogen) atoms. The molecule has 5 nitrogen and oxygen atoms in total. The van der Waals surface area contributed by atoms with E-state index < -0.39 is 12.1 Å². The van der Waals surface area contributed by atoms with Gasteiger partial charge in [-0.05, 0) is 26.7 Å². The van der Waals surface area contributed by atoms with Crippen molar-refractivity contribution in [3.8, 4) is 10.6 Å². The zero-order valence-electron chi connectivity index (χ0n) is 14.5. The predicted molar refractivity (Wildman–Crippen MR) is 97.6 cm³/mol. The summed E-state index contributed by atoms with van der Waals surface area (Å²) in [6, 6.07) is 9.90. The van der Waals surface area contributed by atoms with Crippen molar-refractivity contribution in [1.29, 1.82) is 0 Å². The molecule has 1 aromatic carbocycles. The Hall–Kier alpha value is -2.21. The van der Waals surface area contributed by atoms with Crippen LogP contribution in [0, 0.1) is 6.92 Å². The van der Waals surface area contributed by atoms with Crippen LogP contribution in [0.15, 0.2) is 30.3 Å². The third-order valence-corrected chi connectivity index (χ3v) is 5.54. The Morgan fingerprint density at radius 1 is 1.24 bits per heavy atom. The zero-order chi connectivity index (χ0) is 17.8. The van der Waals surface area contributed by atoms with E-state index in [1.54, 1.807) is 13.8 Å². The highest BCUT2D eigenvalue weighted by Gasteiger charge is 2.25. The van der Waals surface area contributed by atoms with Crippen LogP contribution in [-0.2, 0) is 9.53 Å². The second-order valence-electron chi connectivity index (χ2n) is 6.34. The van der Waals surface area contributed by atoms with E-state index in [-0.39, 0.29) is 11.9 Å². The Kier molecular flexibility index (Phi) is 5.48. The lowest BCUT2D eigenvalue weighted by atomic mass is 10.2. The number of ether oxygens (including phenoxy) is 1. The highest BCUT2D eigenvalue weighted by molar-refractivity contribution is 7.17. The van der Waals surface area contributed by atoms with E-state index in [0.29, 0.717) is 10.6 Å². The van der Waals surface area contributed by atoms with Gasteiger partial charge in [0.2, 0.25) is 0 Å². The first kappa shape index (κ1) is 17.6. The fourth-order valence-corrected chi connectivity index (χ4v) is 3.90. The van der Waals surface area contributed by atoms with Crippen molar-refractivity contribution in [1.82, 2.24) is 10.3 Å². The van der Waals surface area contributed by atoms with Gasteiger partial charge in [0.15, 0.2) is 6.10 Å². The minimum Gasteiger partial charge on any atom is -0.448 e. The molecule has 1 unspecified atom stereocenters. The molecular weight excluding hydrogens is 336 g/mol. The molecule has 1 aliphatic carbocycles. The summed E-state index contributed by atoms with van der Waals surface area (Å²) in [5.41, 5.74) is 1.58. The van der Waals surface area contributed by atoms with Crippen molar-refractivity contribution in [2.24, 2.45) is 0 Å². The molecule has 1 atom stereocenters. The maximum Gasteiger partial charge on any atom is 0.351 e. The zero-order valence-corrected chi connectivity index (χ0v) is 15.3. The van der Waals surface area contributed by atoms with Crippen LogP contribution in [0.3, 0.4) is 0 Å². The van der Waals surface area contributed by atoms with Crippen molar-refractivity contribution in [2.75, 3.05) is 0 Å². The normalized spacial score (nSPS) is 15.8. The van der Waals surface area contributed by atoms with E-state index in [4.69, 9.17) is 4.74 Å². The molecule has 1 saturated carbocycles. The molecule has 1 fully saturated rings. The van der Waals surface area contributed by atoms with Crippen LogP contribution in [-0.4, -0.2) is 29.0 Å². The molecule has 0 aliphatic heterocycles. The van der Waals surface area contributed by atoms with Crippen molar-refractivity contribution in [2.45, 2.75) is 51.7 Å². The number of thiazole rings is 1. The number of aromatic nitrogens is 1. The van der Waals surface area contributed by atoms with Gasteiger partial charge < -0.3 is 10.1 Å². The second kappa shape index (κ2) is 7.78. The van der Waals surface area contributed by atoms with Gasteiger partial charge in [-0.15, -0.1) is 11.3 Å². The van der Waals surface area contributed by atoms with Crippen LogP contribution in [0.1, 0.15) is 48.0 Å². The quantitative estimate of drug-likeness (QED) is 0.827. The molecule has 0 bridgehead atoms. The van der Waals surface area contributed by atoms with Gasteiger partial charge in [-0.25, -0.2) is 9.78 Å². The van der Waals surface area contributed by atoms with E-state index in [2.05, 4.69) is 10.3 Å². The number of carbonyl (C=O) groups is 2. The summed E-state index contributed by atoms with van der Waals surface area (Å²) in [6.07, 6.45) is 3.47. The fourth-order valence-electron chi connectivity index (χ4n) is 2.95. The van der Waals surface area contributed by atoms with Crippen LogP contribution in [0.25, 0.3) is 10.6 Å². The van der Waals surface area contributed by atoms with Crippen LogP contribution in [0.4, 0.5) is 0 Å². The first-order valence-electron chi connectivity index (χ1n) is 8.59. The lowest BCUT2D eigenvalue weighted by Gasteiger charge is -2.16. The number of esters is 1. The highest BCUT2D eigenvalue weighted by atomic mass is 32.1. The van der Waals surface area contributed by atoms with E-state index in [9.17, 15) is 9.59 Å². The summed E-state index contributed by atoms with van der Waals surface area (Å²) in [5.74, 6) is -0.725. The molecule has 0 spiro atoms. The molecule has 0 radical (unpaired) electrons. The molecule has 1 heterocycles. The van der Waals surface area contributed by atoms with Gasteiger partial charge in [0.1, 0.15) is 9.88 Å². The van der Waals surface area contributed by atoms with Gasteiger partial charge in [-0.3, -0.25) is 4.79 Å². The topological polar surface area (TPSA) is 68.3 Å². The van der Waals surface area contributed by atoms with Gasteiger partial charge in [0, 0.05) is 11.6 Å². The van der Waals surface area contributed by atoms with Crippen molar-refractivity contribution in [3.05, 3.63) is 40.9 Å². The largest absolute Gasteiger partial charge is 0.448 e. The maximum atomic E-state index is 12.4. The Morgan fingerprint density at radius 3 is 2.60 bits per heavy atom. The Labute approximate surface area is 151 Å². The maximum absolute atomic E-state index is 12.4. The van der Waals surface area contributed by atoms with E-state index in [1.165, 1.54) is 11.3 Å². The number of benzene rings is 1. The summed E-state index contributed by atoms with van der Waals surface area (Å²) >= 11 is 1.29. The van der Waals surface area contributed by atoms with E-state index >= 15 is 0 Å². The molecule has 1 aliphatic rings. The lowest BCUT2D eigenvalue weighted by Crippen LogP contribution is -2.40. The van der Waals surface area contributed by atoms with Gasteiger partial charge in [0.25, 0.3) is 5.91 Å². The number of carbonyl (C=O) groups excluding carboxylic acids is 2. The van der Waals surface area contributed by atoms with Gasteiger partial charge in [-0.1, -0.05) is 43.2 Å².